The Balaban J connectivity index is 1.23. The lowest BCUT2D eigenvalue weighted by atomic mass is 9.86. The van der Waals surface area contributed by atoms with Crippen molar-refractivity contribution in [3.63, 3.8) is 0 Å². The van der Waals surface area contributed by atoms with Crippen LogP contribution in [0.4, 0.5) is 13.2 Å². The lowest BCUT2D eigenvalue weighted by Gasteiger charge is -2.31. The highest BCUT2D eigenvalue weighted by Crippen LogP contribution is 2.38. The number of aliphatic hydroxyl groups is 3. The van der Waals surface area contributed by atoms with Gasteiger partial charge in [-0.15, -0.1) is 10.1 Å². The van der Waals surface area contributed by atoms with Crippen molar-refractivity contribution < 1.29 is 52.7 Å². The molecule has 1 aromatic rings. The maximum atomic E-state index is 12.9. The zero-order valence-corrected chi connectivity index (χ0v) is 27.5. The fourth-order valence-electron chi connectivity index (χ4n) is 6.62. The van der Waals surface area contributed by atoms with Crippen LogP contribution in [0.1, 0.15) is 82.6 Å². The van der Waals surface area contributed by atoms with Crippen molar-refractivity contribution in [1.82, 2.24) is 4.90 Å². The lowest BCUT2D eigenvalue weighted by Crippen LogP contribution is -2.35. The van der Waals surface area contributed by atoms with Crippen molar-refractivity contribution in [3.05, 3.63) is 52.1 Å². The quantitative estimate of drug-likeness (QED) is 0.0508. The lowest BCUT2D eigenvalue weighted by molar-refractivity contribution is -0.757. The molecule has 3 rings (SSSR count). The van der Waals surface area contributed by atoms with Crippen molar-refractivity contribution in [1.29, 1.82) is 0 Å². The summed E-state index contributed by atoms with van der Waals surface area (Å²) >= 11 is 0. The summed E-state index contributed by atoms with van der Waals surface area (Å²) in [7, 11) is 0. The van der Waals surface area contributed by atoms with Crippen molar-refractivity contribution in [2.45, 2.75) is 102 Å². The van der Waals surface area contributed by atoms with Crippen LogP contribution in [0.15, 0.2) is 36.4 Å². The molecule has 11 nitrogen and oxygen atoms in total. The summed E-state index contributed by atoms with van der Waals surface area (Å²) in [5, 5.41) is 40.8. The van der Waals surface area contributed by atoms with Gasteiger partial charge in [-0.2, -0.15) is 13.2 Å². The maximum absolute atomic E-state index is 12.9. The van der Waals surface area contributed by atoms with Gasteiger partial charge in [0.05, 0.1) is 37.1 Å². The Kier molecular flexibility index (Phi) is 16.9. The highest BCUT2D eigenvalue weighted by Gasteiger charge is 2.40. The predicted molar refractivity (Wildman–Crippen MR) is 170 cm³/mol. The van der Waals surface area contributed by atoms with Gasteiger partial charge in [0.25, 0.3) is 5.09 Å². The summed E-state index contributed by atoms with van der Waals surface area (Å²) in [5.41, 5.74) is -0.830. The van der Waals surface area contributed by atoms with E-state index in [0.29, 0.717) is 51.0 Å². The molecule has 1 aromatic carbocycles. The molecule has 1 aliphatic heterocycles. The van der Waals surface area contributed by atoms with E-state index in [2.05, 4.69) is 9.74 Å². The Labute approximate surface area is 280 Å². The fourth-order valence-corrected chi connectivity index (χ4v) is 6.62. The van der Waals surface area contributed by atoms with E-state index in [1.165, 1.54) is 12.1 Å². The van der Waals surface area contributed by atoms with Gasteiger partial charge in [0, 0.05) is 13.0 Å². The summed E-state index contributed by atoms with van der Waals surface area (Å²) in [6.07, 6.45) is 4.66. The van der Waals surface area contributed by atoms with E-state index in [1.54, 1.807) is 0 Å². The molecule has 1 heterocycles. The number of unbranched alkanes of at least 4 members (excludes halogenated alkanes) is 1. The molecule has 5 atom stereocenters. The molecule has 1 saturated heterocycles. The topological polar surface area (TPSA) is 152 Å². The number of rotatable bonds is 21. The van der Waals surface area contributed by atoms with Gasteiger partial charge in [0.1, 0.15) is 12.4 Å². The van der Waals surface area contributed by atoms with Gasteiger partial charge in [-0.05, 0) is 120 Å². The second kappa shape index (κ2) is 20.5. The molecule has 1 saturated carbocycles. The Hall–Kier alpha value is -2.94. The fraction of sp³-hybridized carbons (Fsp3) is 0.735. The van der Waals surface area contributed by atoms with E-state index in [-0.39, 0.29) is 49.6 Å². The average Bonchev–Trinajstić information content (AvgIpc) is 3.32. The van der Waals surface area contributed by atoms with Gasteiger partial charge in [0.2, 0.25) is 0 Å². The number of alkyl halides is 3. The van der Waals surface area contributed by atoms with Crippen LogP contribution < -0.4 is 4.74 Å². The summed E-state index contributed by atoms with van der Waals surface area (Å²) < 4.78 is 49.5. The standard InChI is InChI=1S/C34H51F3N2O9/c35-34(36,37)26-9-5-10-28(22-26)47-24-27(40)13-14-30-29(31(41)23-32(30)42)11-3-1-2-4-12-33(43)46-20-7-17-38-18-15-25(16-19-38)8-6-21-48-39(44)45/h1,3,5,9-10,22,25,27,29-32,40-42H,2,4,6-8,11-21,23-24H2/b3-1-/t27-,29-,30-,31+,32-/m1/s1. The molecule has 0 spiro atoms. The predicted octanol–water partition coefficient (Wildman–Crippen LogP) is 5.33. The highest BCUT2D eigenvalue weighted by atomic mass is 19.4. The van der Waals surface area contributed by atoms with Crippen molar-refractivity contribution in [3.8, 4) is 5.75 Å². The van der Waals surface area contributed by atoms with Crippen LogP contribution in [0, 0.1) is 27.9 Å². The molecule has 272 valence electrons. The van der Waals surface area contributed by atoms with Crippen LogP contribution in [0.2, 0.25) is 0 Å². The number of likely N-dealkylation sites (tertiary alicyclic amines) is 1. The zero-order valence-electron chi connectivity index (χ0n) is 27.5. The molecule has 48 heavy (non-hydrogen) atoms. The van der Waals surface area contributed by atoms with Gasteiger partial charge in [-0.3, -0.25) is 4.79 Å². The van der Waals surface area contributed by atoms with Crippen LogP contribution in [0.3, 0.4) is 0 Å². The number of ether oxygens (including phenoxy) is 2. The number of allylic oxidation sites excluding steroid dienone is 2. The molecule has 14 heteroatoms. The molecular weight excluding hydrogens is 637 g/mol. The maximum Gasteiger partial charge on any atom is 0.416 e. The van der Waals surface area contributed by atoms with E-state index in [1.807, 2.05) is 12.2 Å². The Bertz CT molecular complexity index is 1130. The molecular formula is C34H51F3N2O9. The van der Waals surface area contributed by atoms with Gasteiger partial charge in [-0.25, -0.2) is 0 Å². The van der Waals surface area contributed by atoms with Crippen LogP contribution in [-0.4, -0.2) is 89.0 Å². The summed E-state index contributed by atoms with van der Waals surface area (Å²) in [5.74, 6) is -0.0885. The molecule has 2 aliphatic rings. The van der Waals surface area contributed by atoms with Crippen LogP contribution in [-0.2, 0) is 20.5 Å². The van der Waals surface area contributed by atoms with Crippen LogP contribution >= 0.6 is 0 Å². The number of esters is 1. The largest absolute Gasteiger partial charge is 0.491 e. The minimum Gasteiger partial charge on any atom is -0.491 e. The first kappa shape index (κ1) is 39.5. The SMILES string of the molecule is O=C(CCC/C=C\C[C@@H]1[C@@H](CC[C@@H](O)COc2cccc(C(F)(F)F)c2)[C@H](O)C[C@@H]1O)OCCCN1CCC(CCCO[N+](=O)[O-])CC1. The second-order valence-electron chi connectivity index (χ2n) is 12.9. The third-order valence-corrected chi connectivity index (χ3v) is 9.33. The number of carbonyl (C=O) groups excluding carboxylic acids is 1. The number of halogens is 3. The molecule has 3 N–H and O–H groups in total. The molecule has 2 fully saturated rings. The smallest absolute Gasteiger partial charge is 0.416 e. The van der Waals surface area contributed by atoms with E-state index in [0.717, 1.165) is 57.5 Å². The van der Waals surface area contributed by atoms with Crippen LogP contribution in [0.5, 0.6) is 5.75 Å². The average molecular weight is 689 g/mol. The van der Waals surface area contributed by atoms with Crippen LogP contribution in [0.25, 0.3) is 0 Å². The minimum atomic E-state index is -4.49. The number of nitrogens with zero attached hydrogens (tertiary/aromatic N) is 2. The summed E-state index contributed by atoms with van der Waals surface area (Å²) in [6, 6.07) is 4.47. The van der Waals surface area contributed by atoms with Gasteiger partial charge in [0.15, 0.2) is 0 Å². The first-order valence-corrected chi connectivity index (χ1v) is 17.1. The highest BCUT2D eigenvalue weighted by molar-refractivity contribution is 5.69. The third kappa shape index (κ3) is 14.7. The molecule has 0 aromatic heterocycles. The minimum absolute atomic E-state index is 0.0127. The van der Waals surface area contributed by atoms with Crippen molar-refractivity contribution >= 4 is 5.97 Å². The summed E-state index contributed by atoms with van der Waals surface area (Å²) in [4.78, 5) is 29.1. The van der Waals surface area contributed by atoms with E-state index < -0.39 is 35.1 Å². The number of aliphatic hydroxyl groups excluding tert-OH is 3. The summed E-state index contributed by atoms with van der Waals surface area (Å²) in [6.45, 7) is 3.15. The van der Waals surface area contributed by atoms with E-state index in [9.17, 15) is 43.4 Å². The first-order valence-electron chi connectivity index (χ1n) is 17.1. The molecule has 0 unspecified atom stereocenters. The molecule has 0 radical (unpaired) electrons. The van der Waals surface area contributed by atoms with Crippen molar-refractivity contribution in [2.24, 2.45) is 17.8 Å². The normalized spacial score (nSPS) is 23.0. The van der Waals surface area contributed by atoms with Gasteiger partial charge < -0.3 is 34.5 Å². The van der Waals surface area contributed by atoms with E-state index >= 15 is 0 Å². The van der Waals surface area contributed by atoms with E-state index in [4.69, 9.17) is 9.47 Å². The third-order valence-electron chi connectivity index (χ3n) is 9.33. The van der Waals surface area contributed by atoms with Gasteiger partial charge in [-0.1, -0.05) is 18.2 Å². The number of carbonyl (C=O) groups is 1. The Morgan fingerprint density at radius 2 is 1.81 bits per heavy atom. The monoisotopic (exact) mass is 688 g/mol. The molecule has 0 bridgehead atoms. The first-order chi connectivity index (χ1) is 22.9. The molecule has 0 amide bonds. The number of hydrogen-bond donors (Lipinski definition) is 3. The second-order valence-corrected chi connectivity index (χ2v) is 12.9. The van der Waals surface area contributed by atoms with Gasteiger partial charge >= 0.3 is 12.1 Å². The Morgan fingerprint density at radius 1 is 1.06 bits per heavy atom. The molecule has 1 aliphatic carbocycles. The number of piperidine rings is 1. The number of benzene rings is 1. The van der Waals surface area contributed by atoms with Crippen molar-refractivity contribution in [2.75, 3.05) is 39.5 Å². The zero-order chi connectivity index (χ0) is 34.9. The Morgan fingerprint density at radius 3 is 2.54 bits per heavy atom. The number of hydrogen-bond acceptors (Lipinski definition) is 10.